The van der Waals surface area contributed by atoms with Crippen molar-refractivity contribution < 1.29 is 27.6 Å². The molecule has 2 aliphatic heterocycles. The summed E-state index contributed by atoms with van der Waals surface area (Å²) < 4.78 is 30.7. The molecule has 1 fully saturated rings. The van der Waals surface area contributed by atoms with Crippen molar-refractivity contribution in [3.63, 3.8) is 0 Å². The van der Waals surface area contributed by atoms with E-state index < -0.39 is 26.8 Å². The minimum absolute atomic E-state index is 0.0513. The molecule has 1 saturated heterocycles. The number of ether oxygens (including phenoxy) is 1. The SMILES string of the molecule is CC(CCN1Cc2cc(Br)cn2C1=O)(C(=O)NOC1CCCCO1)S(C)(=O)=O. The Morgan fingerprint density at radius 3 is 2.82 bits per heavy atom. The maximum Gasteiger partial charge on any atom is 0.328 e. The van der Waals surface area contributed by atoms with Crippen LogP contribution in [0.25, 0.3) is 0 Å². The summed E-state index contributed by atoms with van der Waals surface area (Å²) in [6.45, 7) is 2.37. The maximum absolute atomic E-state index is 12.7. The fraction of sp³-hybridized carbons (Fsp3) is 0.647. The second-order valence-corrected chi connectivity index (χ2v) is 10.7. The molecule has 2 aliphatic rings. The van der Waals surface area contributed by atoms with Crippen molar-refractivity contribution >= 4 is 37.7 Å². The Kier molecular flexibility index (Phi) is 6.18. The van der Waals surface area contributed by atoms with Gasteiger partial charge in [-0.05, 0) is 48.2 Å². The van der Waals surface area contributed by atoms with E-state index in [0.29, 0.717) is 19.6 Å². The van der Waals surface area contributed by atoms with E-state index in [1.807, 2.05) is 6.07 Å². The topological polar surface area (TPSA) is 107 Å². The summed E-state index contributed by atoms with van der Waals surface area (Å²) in [6.07, 6.45) is 4.52. The van der Waals surface area contributed by atoms with E-state index >= 15 is 0 Å². The van der Waals surface area contributed by atoms with Crippen LogP contribution in [0.5, 0.6) is 0 Å². The van der Waals surface area contributed by atoms with Crippen LogP contribution in [-0.4, -0.2) is 60.3 Å². The number of rotatable bonds is 7. The average Bonchev–Trinajstić information content (AvgIpc) is 3.14. The number of amides is 2. The van der Waals surface area contributed by atoms with Gasteiger partial charge in [-0.25, -0.2) is 23.5 Å². The Balaban J connectivity index is 1.63. The van der Waals surface area contributed by atoms with Crippen LogP contribution in [0.15, 0.2) is 16.7 Å². The first-order valence-corrected chi connectivity index (χ1v) is 11.7. The number of fused-ring (bicyclic) bond motifs is 1. The summed E-state index contributed by atoms with van der Waals surface area (Å²) in [5.74, 6) is -0.766. The van der Waals surface area contributed by atoms with Crippen LogP contribution in [0.1, 0.15) is 38.3 Å². The van der Waals surface area contributed by atoms with Gasteiger partial charge in [0.25, 0.3) is 5.91 Å². The molecule has 0 saturated carbocycles. The highest BCUT2D eigenvalue weighted by Crippen LogP contribution is 2.27. The first kappa shape index (κ1) is 21.3. The number of hydrogen-bond donors (Lipinski definition) is 1. The first-order chi connectivity index (χ1) is 13.1. The lowest BCUT2D eigenvalue weighted by Gasteiger charge is -2.29. The molecular weight excluding hydrogens is 454 g/mol. The van der Waals surface area contributed by atoms with Gasteiger partial charge < -0.3 is 9.64 Å². The predicted octanol–water partition coefficient (Wildman–Crippen LogP) is 1.80. The summed E-state index contributed by atoms with van der Waals surface area (Å²) in [5, 5.41) is 0. The molecule has 3 heterocycles. The third-order valence-corrected chi connectivity index (χ3v) is 7.73. The normalized spacial score (nSPS) is 22.0. The van der Waals surface area contributed by atoms with Crippen LogP contribution < -0.4 is 5.48 Å². The molecule has 1 N–H and O–H groups in total. The van der Waals surface area contributed by atoms with Gasteiger partial charge in [0.05, 0.1) is 6.54 Å². The predicted molar refractivity (Wildman–Crippen MR) is 104 cm³/mol. The number of aromatic nitrogens is 1. The van der Waals surface area contributed by atoms with Crippen molar-refractivity contribution in [3.8, 4) is 0 Å². The van der Waals surface area contributed by atoms with Gasteiger partial charge in [-0.15, -0.1) is 0 Å². The van der Waals surface area contributed by atoms with Crippen molar-refractivity contribution in [2.45, 2.75) is 50.2 Å². The van der Waals surface area contributed by atoms with Crippen LogP contribution in [0, 0.1) is 0 Å². The standard InChI is InChI=1S/C17H24BrN3O6S/c1-17(28(2,24)25,15(22)19-27-14-5-3-4-8-26-14)6-7-20-11-13-9-12(18)10-21(13)16(20)23/h9-10,14H,3-8,11H2,1-2H3,(H,19,22). The van der Waals surface area contributed by atoms with Crippen molar-refractivity contribution in [3.05, 3.63) is 22.4 Å². The Morgan fingerprint density at radius 1 is 1.46 bits per heavy atom. The zero-order valence-corrected chi connectivity index (χ0v) is 18.2. The third-order valence-electron chi connectivity index (χ3n) is 5.27. The highest BCUT2D eigenvalue weighted by molar-refractivity contribution is 9.10. The van der Waals surface area contributed by atoms with Gasteiger partial charge in [0.15, 0.2) is 20.9 Å². The van der Waals surface area contributed by atoms with Crippen molar-refractivity contribution in [1.82, 2.24) is 14.9 Å². The summed E-state index contributed by atoms with van der Waals surface area (Å²) in [7, 11) is -3.77. The number of halogens is 1. The summed E-state index contributed by atoms with van der Waals surface area (Å²) in [6, 6.07) is 1.59. The molecule has 1 aromatic rings. The molecule has 156 valence electrons. The molecule has 1 aromatic heterocycles. The van der Waals surface area contributed by atoms with Crippen LogP contribution in [0.4, 0.5) is 4.79 Å². The molecule has 2 amide bonds. The second-order valence-electron chi connectivity index (χ2n) is 7.32. The van der Waals surface area contributed by atoms with Crippen LogP contribution in [0.3, 0.4) is 0 Å². The quantitative estimate of drug-likeness (QED) is 0.599. The van der Waals surface area contributed by atoms with Crippen LogP contribution >= 0.6 is 15.9 Å². The Hall–Kier alpha value is -1.43. The molecule has 0 bridgehead atoms. The summed E-state index contributed by atoms with van der Waals surface area (Å²) in [4.78, 5) is 31.9. The minimum Gasteiger partial charge on any atom is -0.350 e. The molecule has 2 atom stereocenters. The van der Waals surface area contributed by atoms with Gasteiger partial charge in [0.1, 0.15) is 0 Å². The number of sulfone groups is 1. The van der Waals surface area contributed by atoms with E-state index in [-0.39, 0.29) is 19.0 Å². The zero-order chi connectivity index (χ0) is 20.5. The highest BCUT2D eigenvalue weighted by Gasteiger charge is 2.45. The van der Waals surface area contributed by atoms with E-state index in [0.717, 1.165) is 29.3 Å². The maximum atomic E-state index is 12.7. The van der Waals surface area contributed by atoms with Gasteiger partial charge in [-0.3, -0.25) is 9.36 Å². The molecule has 0 aliphatic carbocycles. The van der Waals surface area contributed by atoms with Gasteiger partial charge >= 0.3 is 6.03 Å². The fourth-order valence-electron chi connectivity index (χ4n) is 3.21. The van der Waals surface area contributed by atoms with E-state index in [1.165, 1.54) is 16.4 Å². The molecule has 28 heavy (non-hydrogen) atoms. The van der Waals surface area contributed by atoms with Crippen LogP contribution in [-0.2, 0) is 30.8 Å². The minimum atomic E-state index is -3.77. The zero-order valence-electron chi connectivity index (χ0n) is 15.8. The van der Waals surface area contributed by atoms with Crippen molar-refractivity contribution in [2.24, 2.45) is 0 Å². The third kappa shape index (κ3) is 4.27. The first-order valence-electron chi connectivity index (χ1n) is 9.05. The Morgan fingerprint density at radius 2 is 2.21 bits per heavy atom. The lowest BCUT2D eigenvalue weighted by molar-refractivity contribution is -0.201. The van der Waals surface area contributed by atoms with Crippen molar-refractivity contribution in [1.29, 1.82) is 0 Å². The van der Waals surface area contributed by atoms with Gasteiger partial charge in [-0.2, -0.15) is 0 Å². The largest absolute Gasteiger partial charge is 0.350 e. The molecule has 0 spiro atoms. The van der Waals surface area contributed by atoms with Gasteiger partial charge in [-0.1, -0.05) is 0 Å². The average molecular weight is 478 g/mol. The molecular formula is C17H24BrN3O6S. The molecule has 11 heteroatoms. The lowest BCUT2D eigenvalue weighted by Crippen LogP contribution is -2.52. The fourth-order valence-corrected chi connectivity index (χ4v) is 4.52. The van der Waals surface area contributed by atoms with Gasteiger partial charge in [0.2, 0.25) is 0 Å². The molecule has 9 nitrogen and oxygen atoms in total. The Labute approximate surface area is 172 Å². The Bertz CT molecular complexity index is 864. The molecule has 0 aromatic carbocycles. The number of hydrogen-bond acceptors (Lipinski definition) is 6. The smallest absolute Gasteiger partial charge is 0.328 e. The van der Waals surface area contributed by atoms with Gasteiger partial charge in [0, 0.05) is 42.2 Å². The van der Waals surface area contributed by atoms with Crippen LogP contribution in [0.2, 0.25) is 0 Å². The second kappa shape index (κ2) is 8.13. The number of carbonyl (C=O) groups is 2. The number of carbonyl (C=O) groups excluding carboxylic acids is 2. The van der Waals surface area contributed by atoms with E-state index in [4.69, 9.17) is 9.57 Å². The van der Waals surface area contributed by atoms with E-state index in [9.17, 15) is 18.0 Å². The van der Waals surface area contributed by atoms with E-state index in [2.05, 4.69) is 21.4 Å². The number of nitrogens with zero attached hydrogens (tertiary/aromatic N) is 2. The summed E-state index contributed by atoms with van der Waals surface area (Å²) in [5.41, 5.74) is 3.05. The summed E-state index contributed by atoms with van der Waals surface area (Å²) >= 11 is 3.32. The highest BCUT2D eigenvalue weighted by atomic mass is 79.9. The number of hydroxylamine groups is 1. The molecule has 2 unspecified atom stereocenters. The molecule has 3 rings (SSSR count). The number of nitrogens with one attached hydrogen (secondary N) is 1. The monoisotopic (exact) mass is 477 g/mol. The lowest BCUT2D eigenvalue weighted by atomic mass is 10.1. The van der Waals surface area contributed by atoms with Crippen molar-refractivity contribution in [2.75, 3.05) is 19.4 Å². The van der Waals surface area contributed by atoms with E-state index in [1.54, 1.807) is 6.20 Å². The molecule has 0 radical (unpaired) electrons.